The number of imidazole rings is 1. The summed E-state index contributed by atoms with van der Waals surface area (Å²) in [5.74, 6) is 0.653. The van der Waals surface area contributed by atoms with Crippen LogP contribution in [0.5, 0.6) is 0 Å². The summed E-state index contributed by atoms with van der Waals surface area (Å²) in [4.78, 5) is 43.3. The van der Waals surface area contributed by atoms with Crippen molar-refractivity contribution < 1.29 is 14.4 Å². The molecule has 2 aliphatic rings. The molecular formula is C23H29N5O3. The quantitative estimate of drug-likeness (QED) is 0.697. The van der Waals surface area contributed by atoms with E-state index in [-0.39, 0.29) is 18.4 Å². The molecule has 1 aliphatic carbocycles. The van der Waals surface area contributed by atoms with E-state index >= 15 is 0 Å². The van der Waals surface area contributed by atoms with Crippen molar-refractivity contribution in [2.75, 3.05) is 11.9 Å². The van der Waals surface area contributed by atoms with Gasteiger partial charge in [0, 0.05) is 30.5 Å². The maximum atomic E-state index is 12.9. The van der Waals surface area contributed by atoms with Gasteiger partial charge in [0.25, 0.3) is 5.91 Å². The van der Waals surface area contributed by atoms with Crippen LogP contribution in [0.1, 0.15) is 63.3 Å². The molecule has 2 aromatic rings. The van der Waals surface area contributed by atoms with Gasteiger partial charge in [0.05, 0.1) is 0 Å². The van der Waals surface area contributed by atoms with Crippen LogP contribution in [0, 0.1) is 0 Å². The second-order valence-corrected chi connectivity index (χ2v) is 8.78. The van der Waals surface area contributed by atoms with Gasteiger partial charge in [-0.1, -0.05) is 45.2 Å². The van der Waals surface area contributed by atoms with Crippen molar-refractivity contribution in [3.63, 3.8) is 0 Å². The van der Waals surface area contributed by atoms with Crippen molar-refractivity contribution in [1.29, 1.82) is 0 Å². The van der Waals surface area contributed by atoms with Gasteiger partial charge >= 0.3 is 6.03 Å². The number of nitrogens with zero attached hydrogens (tertiary/aromatic N) is 3. The standard InChI is InChI=1S/C23H29N5O3/c1-16(2)20-24-11-12-27(20)14-17-7-6-8-18(13-17)25-19(29)15-28-21(30)23(26-22(28)31)9-4-3-5-10-23/h6-8,11-13,16H,3-5,9-10,14-15H2,1-2H3,(H,25,29)(H,26,31). The summed E-state index contributed by atoms with van der Waals surface area (Å²) in [6.45, 7) is 4.56. The molecule has 0 unspecified atom stereocenters. The molecule has 1 spiro atoms. The van der Waals surface area contributed by atoms with Crippen LogP contribution in [0.2, 0.25) is 0 Å². The largest absolute Gasteiger partial charge is 0.330 e. The van der Waals surface area contributed by atoms with Gasteiger partial charge in [-0.15, -0.1) is 0 Å². The molecule has 1 aromatic heterocycles. The molecule has 1 saturated heterocycles. The molecule has 0 atom stereocenters. The van der Waals surface area contributed by atoms with Gasteiger partial charge in [-0.3, -0.25) is 14.5 Å². The molecule has 1 aromatic carbocycles. The monoisotopic (exact) mass is 423 g/mol. The van der Waals surface area contributed by atoms with E-state index in [4.69, 9.17) is 0 Å². The first kappa shape index (κ1) is 21.1. The Labute approximate surface area is 182 Å². The van der Waals surface area contributed by atoms with E-state index in [2.05, 4.69) is 34.0 Å². The van der Waals surface area contributed by atoms with E-state index < -0.39 is 11.6 Å². The number of carbonyl (C=O) groups is 3. The van der Waals surface area contributed by atoms with Crippen LogP contribution in [0.3, 0.4) is 0 Å². The predicted octanol–water partition coefficient (Wildman–Crippen LogP) is 3.25. The lowest BCUT2D eigenvalue weighted by Gasteiger charge is -2.30. The molecule has 0 radical (unpaired) electrons. The zero-order chi connectivity index (χ0) is 22.0. The number of amides is 4. The summed E-state index contributed by atoms with van der Waals surface area (Å²) in [5.41, 5.74) is 0.844. The van der Waals surface area contributed by atoms with Gasteiger partial charge in [-0.2, -0.15) is 0 Å². The van der Waals surface area contributed by atoms with Crippen LogP contribution in [0.15, 0.2) is 36.7 Å². The molecule has 4 rings (SSSR count). The molecule has 164 valence electrons. The van der Waals surface area contributed by atoms with Crippen LogP contribution in [-0.2, 0) is 16.1 Å². The molecule has 1 aliphatic heterocycles. The topological polar surface area (TPSA) is 96.3 Å². The first-order chi connectivity index (χ1) is 14.9. The highest BCUT2D eigenvalue weighted by molar-refractivity contribution is 6.10. The third-order valence-corrected chi connectivity index (χ3v) is 6.08. The highest BCUT2D eigenvalue weighted by Crippen LogP contribution is 2.33. The number of nitrogens with one attached hydrogen (secondary N) is 2. The first-order valence-corrected chi connectivity index (χ1v) is 10.9. The highest BCUT2D eigenvalue weighted by atomic mass is 16.2. The Kier molecular flexibility index (Phi) is 5.80. The number of urea groups is 1. The number of imide groups is 1. The van der Waals surface area contributed by atoms with Gasteiger partial charge in [0.2, 0.25) is 5.91 Å². The van der Waals surface area contributed by atoms with Gasteiger partial charge in [0.15, 0.2) is 0 Å². The molecular weight excluding hydrogens is 394 g/mol. The summed E-state index contributed by atoms with van der Waals surface area (Å²) >= 11 is 0. The van der Waals surface area contributed by atoms with Crippen molar-refractivity contribution >= 4 is 23.5 Å². The summed E-state index contributed by atoms with van der Waals surface area (Å²) < 4.78 is 2.09. The fourth-order valence-electron chi connectivity index (χ4n) is 4.56. The maximum absolute atomic E-state index is 12.9. The van der Waals surface area contributed by atoms with Crippen molar-refractivity contribution in [2.45, 2.75) is 64.0 Å². The molecule has 8 heteroatoms. The third kappa shape index (κ3) is 4.33. The fourth-order valence-corrected chi connectivity index (χ4v) is 4.56. The molecule has 1 saturated carbocycles. The van der Waals surface area contributed by atoms with Crippen LogP contribution in [0.4, 0.5) is 10.5 Å². The highest BCUT2D eigenvalue weighted by Gasteiger charge is 2.51. The molecule has 31 heavy (non-hydrogen) atoms. The van der Waals surface area contributed by atoms with Crippen LogP contribution >= 0.6 is 0 Å². The Hall–Kier alpha value is -3.16. The van der Waals surface area contributed by atoms with Crippen LogP contribution in [0.25, 0.3) is 0 Å². The first-order valence-electron chi connectivity index (χ1n) is 10.9. The van der Waals surface area contributed by atoms with E-state index in [1.807, 2.05) is 24.4 Å². The van der Waals surface area contributed by atoms with Gasteiger partial charge in [0.1, 0.15) is 17.9 Å². The molecule has 2 fully saturated rings. The molecule has 4 amide bonds. The van der Waals surface area contributed by atoms with Gasteiger partial charge in [-0.05, 0) is 30.5 Å². The fraction of sp³-hybridized carbons (Fsp3) is 0.478. The number of hydrogen-bond acceptors (Lipinski definition) is 4. The Bertz CT molecular complexity index is 991. The molecule has 2 N–H and O–H groups in total. The molecule has 8 nitrogen and oxygen atoms in total. The lowest BCUT2D eigenvalue weighted by Crippen LogP contribution is -2.48. The van der Waals surface area contributed by atoms with Crippen LogP contribution in [-0.4, -0.2) is 44.4 Å². The number of carbonyl (C=O) groups excluding carboxylic acids is 3. The van der Waals surface area contributed by atoms with Crippen molar-refractivity contribution in [3.05, 3.63) is 48.0 Å². The van der Waals surface area contributed by atoms with Crippen molar-refractivity contribution in [3.8, 4) is 0 Å². The van der Waals surface area contributed by atoms with Gasteiger partial charge < -0.3 is 15.2 Å². The second-order valence-electron chi connectivity index (χ2n) is 8.78. The molecule has 0 bridgehead atoms. The minimum absolute atomic E-state index is 0.276. The normalized spacial score (nSPS) is 18.0. The molecule has 2 heterocycles. The van der Waals surface area contributed by atoms with Crippen molar-refractivity contribution in [2.24, 2.45) is 0 Å². The minimum Gasteiger partial charge on any atom is -0.330 e. The van der Waals surface area contributed by atoms with E-state index in [9.17, 15) is 14.4 Å². The zero-order valence-electron chi connectivity index (χ0n) is 18.1. The Morgan fingerprint density at radius 3 is 2.74 bits per heavy atom. The van der Waals surface area contributed by atoms with E-state index in [1.165, 1.54) is 0 Å². The zero-order valence-corrected chi connectivity index (χ0v) is 18.1. The van der Waals surface area contributed by atoms with Crippen LogP contribution < -0.4 is 10.6 Å². The summed E-state index contributed by atoms with van der Waals surface area (Å²) in [6.07, 6.45) is 7.91. The predicted molar refractivity (Wildman–Crippen MR) is 117 cm³/mol. The Morgan fingerprint density at radius 2 is 2.00 bits per heavy atom. The lowest BCUT2D eigenvalue weighted by atomic mass is 9.82. The lowest BCUT2D eigenvalue weighted by molar-refractivity contribution is -0.134. The summed E-state index contributed by atoms with van der Waals surface area (Å²) in [5, 5.41) is 5.66. The number of rotatable bonds is 6. The number of aromatic nitrogens is 2. The van der Waals surface area contributed by atoms with Gasteiger partial charge in [-0.25, -0.2) is 9.78 Å². The average molecular weight is 424 g/mol. The van der Waals surface area contributed by atoms with Crippen molar-refractivity contribution in [1.82, 2.24) is 19.8 Å². The number of hydrogen-bond donors (Lipinski definition) is 2. The van der Waals surface area contributed by atoms with E-state index in [0.717, 1.165) is 35.6 Å². The Balaban J connectivity index is 1.40. The third-order valence-electron chi connectivity index (χ3n) is 6.08. The minimum atomic E-state index is -0.811. The summed E-state index contributed by atoms with van der Waals surface area (Å²) in [7, 11) is 0. The smallest absolute Gasteiger partial charge is 0.325 e. The van der Waals surface area contributed by atoms with E-state index in [0.29, 0.717) is 31.0 Å². The SMILES string of the molecule is CC(C)c1nccn1Cc1cccc(NC(=O)CN2C(=O)NC3(CCCCC3)C2=O)c1. The number of anilines is 1. The summed E-state index contributed by atoms with van der Waals surface area (Å²) in [6, 6.07) is 7.09. The number of benzene rings is 1. The Morgan fingerprint density at radius 1 is 1.23 bits per heavy atom. The maximum Gasteiger partial charge on any atom is 0.325 e. The second kappa shape index (κ2) is 8.53. The van der Waals surface area contributed by atoms with E-state index in [1.54, 1.807) is 12.3 Å². The average Bonchev–Trinajstić information content (AvgIpc) is 3.28.